The maximum atomic E-state index is 10.9. The van der Waals surface area contributed by atoms with Gasteiger partial charge in [0.1, 0.15) is 0 Å². The number of H-pyrrole nitrogens is 1. The molecule has 1 N–H and O–H groups in total. The molecule has 1 aromatic heterocycles. The van der Waals surface area contributed by atoms with Gasteiger partial charge in [-0.25, -0.2) is 0 Å². The van der Waals surface area contributed by atoms with Gasteiger partial charge in [0, 0.05) is 17.6 Å². The molecule has 0 amide bonds. The Hall–Kier alpha value is -1.57. The van der Waals surface area contributed by atoms with E-state index in [9.17, 15) is 4.79 Å². The van der Waals surface area contributed by atoms with Crippen LogP contribution in [0.3, 0.4) is 0 Å². The molecule has 2 heteroatoms. The summed E-state index contributed by atoms with van der Waals surface area (Å²) in [5, 5.41) is 2.11. The van der Waals surface area contributed by atoms with Crippen LogP contribution in [0.15, 0.2) is 35.3 Å². The van der Waals surface area contributed by atoms with Gasteiger partial charge in [0.2, 0.25) is 5.56 Å². The van der Waals surface area contributed by atoms with Gasteiger partial charge in [-0.3, -0.25) is 4.79 Å². The monoisotopic (exact) mass is 233 g/mol. The number of pyridine rings is 1. The summed E-state index contributed by atoms with van der Waals surface area (Å²) in [7, 11) is 0. The average Bonchev–Trinajstić information content (AvgIpc) is 2.32. The highest BCUT2D eigenvalue weighted by Crippen LogP contribution is 2.14. The minimum atomic E-state index is -0.0481. The van der Waals surface area contributed by atoms with E-state index in [1.54, 1.807) is 12.3 Å². The van der Waals surface area contributed by atoms with Crippen LogP contribution in [-0.2, 0) is 0 Å². The van der Waals surface area contributed by atoms with Crippen LogP contribution in [0.5, 0.6) is 0 Å². The van der Waals surface area contributed by atoms with E-state index in [-0.39, 0.29) is 5.56 Å². The number of rotatable bonds is 0. The highest BCUT2D eigenvalue weighted by Gasteiger charge is 1.95. The predicted molar refractivity (Wildman–Crippen MR) is 76.6 cm³/mol. The molecule has 2 rings (SSSR count). The minimum Gasteiger partial charge on any atom is -0.328 e. The molecule has 0 aliphatic rings. The van der Waals surface area contributed by atoms with E-state index in [0.29, 0.717) is 0 Å². The highest BCUT2D eigenvalue weighted by atomic mass is 16.1. The summed E-state index contributed by atoms with van der Waals surface area (Å²) in [4.78, 5) is 13.6. The van der Waals surface area contributed by atoms with E-state index in [4.69, 9.17) is 0 Å². The maximum Gasteiger partial charge on any atom is 0.248 e. The molecule has 0 radical (unpaired) electrons. The quantitative estimate of drug-likeness (QED) is 0.723. The number of aromatic amines is 1. The molecule has 2 nitrogen and oxygen atoms in total. The molecule has 0 fully saturated rings. The summed E-state index contributed by atoms with van der Waals surface area (Å²) in [5.41, 5.74) is 1.14. The van der Waals surface area contributed by atoms with Gasteiger partial charge in [-0.05, 0) is 17.9 Å². The Morgan fingerprint density at radius 3 is 2.35 bits per heavy atom. The molecular weight excluding hydrogens is 210 g/mol. The van der Waals surface area contributed by atoms with Crippen LogP contribution in [0.2, 0.25) is 0 Å². The van der Waals surface area contributed by atoms with Crippen LogP contribution in [0.1, 0.15) is 39.7 Å². The van der Waals surface area contributed by atoms with Crippen molar-refractivity contribution in [3.05, 3.63) is 46.4 Å². The number of aromatic nitrogens is 1. The van der Waals surface area contributed by atoms with Crippen molar-refractivity contribution < 1.29 is 0 Å². The van der Waals surface area contributed by atoms with Crippen molar-refractivity contribution in [2.24, 2.45) is 0 Å². The van der Waals surface area contributed by atoms with Crippen molar-refractivity contribution in [1.82, 2.24) is 4.98 Å². The first-order valence-electron chi connectivity index (χ1n) is 6.27. The summed E-state index contributed by atoms with van der Waals surface area (Å²) in [5.74, 6) is 0. The molecule has 2 aromatic rings. The molecule has 0 aliphatic heterocycles. The van der Waals surface area contributed by atoms with Crippen molar-refractivity contribution in [2.45, 2.75) is 41.0 Å². The Kier molecular flexibility index (Phi) is 7.78. The maximum absolute atomic E-state index is 10.9. The molecule has 17 heavy (non-hydrogen) atoms. The fraction of sp³-hybridized carbons (Fsp3) is 0.400. The Balaban J connectivity index is 0.000000450. The normalized spacial score (nSPS) is 8.76. The Labute approximate surface area is 104 Å². The van der Waals surface area contributed by atoms with Crippen LogP contribution in [-0.4, -0.2) is 4.98 Å². The SMILES string of the molecule is CC.CCC.Cc1cccc2cc(=O)[nH]cc12. The number of aryl methyl sites for hydroxylation is 1. The van der Waals surface area contributed by atoms with Crippen molar-refractivity contribution in [2.75, 3.05) is 0 Å². The minimum absolute atomic E-state index is 0.0481. The van der Waals surface area contributed by atoms with E-state index >= 15 is 0 Å². The first-order chi connectivity index (χ1) is 8.19. The third-order valence-electron chi connectivity index (χ3n) is 2.00. The molecule has 0 aliphatic carbocycles. The van der Waals surface area contributed by atoms with Gasteiger partial charge in [0.05, 0.1) is 0 Å². The summed E-state index contributed by atoms with van der Waals surface area (Å²) in [6.07, 6.45) is 3.01. The molecule has 0 saturated heterocycles. The molecule has 1 heterocycles. The van der Waals surface area contributed by atoms with E-state index < -0.39 is 0 Å². The molecule has 94 valence electrons. The summed E-state index contributed by atoms with van der Waals surface area (Å²) in [6.45, 7) is 10.3. The van der Waals surface area contributed by atoms with Gasteiger partial charge in [0.25, 0.3) is 0 Å². The van der Waals surface area contributed by atoms with Crippen LogP contribution < -0.4 is 5.56 Å². The van der Waals surface area contributed by atoms with E-state index in [1.165, 1.54) is 12.0 Å². The van der Waals surface area contributed by atoms with Crippen molar-refractivity contribution >= 4 is 10.8 Å². The molecular formula is C15H23NO. The zero-order valence-corrected chi connectivity index (χ0v) is 11.5. The standard InChI is InChI=1S/C10H9NO.C3H8.C2H6/c1-7-3-2-4-8-5-10(12)11-6-9(7)8;1-3-2;1-2/h2-6H,1H3,(H,11,12);3H2,1-2H3;1-2H3. The predicted octanol–water partition coefficient (Wildman–Crippen LogP) is 4.28. The topological polar surface area (TPSA) is 32.9 Å². The molecule has 0 spiro atoms. The molecule has 0 bridgehead atoms. The van der Waals surface area contributed by atoms with Gasteiger partial charge >= 0.3 is 0 Å². The van der Waals surface area contributed by atoms with E-state index in [2.05, 4.69) is 18.8 Å². The second-order valence-corrected chi connectivity index (χ2v) is 3.58. The van der Waals surface area contributed by atoms with Crippen molar-refractivity contribution in [3.8, 4) is 0 Å². The summed E-state index contributed by atoms with van der Waals surface area (Å²) < 4.78 is 0. The zero-order valence-electron chi connectivity index (χ0n) is 11.5. The van der Waals surface area contributed by atoms with Gasteiger partial charge < -0.3 is 4.98 Å². The molecule has 0 saturated carbocycles. The van der Waals surface area contributed by atoms with E-state index in [1.807, 2.05) is 39.0 Å². The molecule has 1 aromatic carbocycles. The fourth-order valence-electron chi connectivity index (χ4n) is 1.35. The lowest BCUT2D eigenvalue weighted by atomic mass is 10.1. The second kappa shape index (κ2) is 8.57. The van der Waals surface area contributed by atoms with Crippen LogP contribution in [0.4, 0.5) is 0 Å². The number of fused-ring (bicyclic) bond motifs is 1. The third-order valence-corrected chi connectivity index (χ3v) is 2.00. The molecule has 0 atom stereocenters. The second-order valence-electron chi connectivity index (χ2n) is 3.58. The van der Waals surface area contributed by atoms with Crippen molar-refractivity contribution in [1.29, 1.82) is 0 Å². The lowest BCUT2D eigenvalue weighted by Crippen LogP contribution is -2.01. The van der Waals surface area contributed by atoms with Crippen molar-refractivity contribution in [3.63, 3.8) is 0 Å². The first kappa shape index (κ1) is 15.4. The third kappa shape index (κ3) is 4.85. The lowest BCUT2D eigenvalue weighted by molar-refractivity contribution is 1.09. The number of hydrogen-bond acceptors (Lipinski definition) is 1. The smallest absolute Gasteiger partial charge is 0.248 e. The fourth-order valence-corrected chi connectivity index (χ4v) is 1.35. The van der Waals surface area contributed by atoms with Gasteiger partial charge in [-0.2, -0.15) is 0 Å². The van der Waals surface area contributed by atoms with Gasteiger partial charge in [-0.1, -0.05) is 52.3 Å². The Bertz CT molecular complexity index is 485. The number of hydrogen-bond donors (Lipinski definition) is 1. The van der Waals surface area contributed by atoms with Gasteiger partial charge in [-0.15, -0.1) is 0 Å². The number of nitrogens with one attached hydrogen (secondary N) is 1. The zero-order chi connectivity index (χ0) is 13.3. The summed E-state index contributed by atoms with van der Waals surface area (Å²) >= 11 is 0. The largest absolute Gasteiger partial charge is 0.328 e. The summed E-state index contributed by atoms with van der Waals surface area (Å²) in [6, 6.07) is 7.54. The Morgan fingerprint density at radius 2 is 1.76 bits per heavy atom. The van der Waals surface area contributed by atoms with Crippen LogP contribution >= 0.6 is 0 Å². The highest BCUT2D eigenvalue weighted by molar-refractivity contribution is 5.84. The van der Waals surface area contributed by atoms with Crippen LogP contribution in [0, 0.1) is 6.92 Å². The van der Waals surface area contributed by atoms with Crippen LogP contribution in [0.25, 0.3) is 10.8 Å². The molecule has 0 unspecified atom stereocenters. The first-order valence-corrected chi connectivity index (χ1v) is 6.27. The van der Waals surface area contributed by atoms with E-state index in [0.717, 1.165) is 10.8 Å². The average molecular weight is 233 g/mol. The van der Waals surface area contributed by atoms with Gasteiger partial charge in [0.15, 0.2) is 0 Å². The number of benzene rings is 1. The Morgan fingerprint density at radius 1 is 1.18 bits per heavy atom. The lowest BCUT2D eigenvalue weighted by Gasteiger charge is -1.98.